The van der Waals surface area contributed by atoms with Gasteiger partial charge in [-0.25, -0.2) is 18.6 Å². The number of rotatable bonds is 12. The number of amides is 1. The lowest BCUT2D eigenvalue weighted by Gasteiger charge is -2.12. The molecule has 4 aromatic rings. The minimum Gasteiger partial charge on any atom is -0.494 e. The number of hydrogen-bond donors (Lipinski definition) is 2. The number of esters is 1. The summed E-state index contributed by atoms with van der Waals surface area (Å²) in [7, 11) is -2.55. The maximum atomic E-state index is 12.9. The molecule has 0 atom stereocenters. The molecule has 4 rings (SSSR count). The molecule has 0 heterocycles. The van der Waals surface area contributed by atoms with Crippen molar-refractivity contribution >= 4 is 45.4 Å². The van der Waals surface area contributed by atoms with Gasteiger partial charge in [0.1, 0.15) is 5.75 Å². The van der Waals surface area contributed by atoms with Gasteiger partial charge in [-0.15, -0.1) is 0 Å². The predicted octanol–water partition coefficient (Wildman–Crippen LogP) is 5.92. The van der Waals surface area contributed by atoms with E-state index in [1.807, 2.05) is 6.92 Å². The van der Waals surface area contributed by atoms with Gasteiger partial charge in [0.05, 0.1) is 41.6 Å². The van der Waals surface area contributed by atoms with Crippen LogP contribution in [0, 0.1) is 0 Å². The molecule has 0 bridgehead atoms. The van der Waals surface area contributed by atoms with Crippen LogP contribution in [0.15, 0.2) is 101 Å². The van der Waals surface area contributed by atoms with Crippen LogP contribution in [-0.2, 0) is 10.0 Å². The highest BCUT2D eigenvalue weighted by Gasteiger charge is 2.19. The number of sulfonamides is 1. The number of anilines is 1. The molecule has 0 aliphatic heterocycles. The van der Waals surface area contributed by atoms with E-state index < -0.39 is 21.9 Å². The molecular formula is C31H28ClN3O7S. The van der Waals surface area contributed by atoms with Crippen LogP contribution in [0.2, 0.25) is 5.02 Å². The lowest BCUT2D eigenvalue weighted by atomic mass is 10.2. The van der Waals surface area contributed by atoms with Crippen molar-refractivity contribution in [1.29, 1.82) is 0 Å². The Bertz CT molecular complexity index is 1730. The molecule has 0 aliphatic rings. The number of ether oxygens (including phenoxy) is 3. The molecule has 10 nitrogen and oxygen atoms in total. The van der Waals surface area contributed by atoms with Crippen molar-refractivity contribution in [3.8, 4) is 17.2 Å². The molecule has 43 heavy (non-hydrogen) atoms. The standard InChI is InChI=1S/C31H28ClN3O7S/c1-3-18-41-24-13-9-22(10-14-24)31(37)42-28-17-8-21(19-29(28)40-2)20-33-34-30(36)26-6-4-5-7-27(26)35-43(38,39)25-15-11-23(32)12-16-25/h4-17,19-20,35H,3,18H2,1-2H3,(H,34,36)/b33-20+. The highest BCUT2D eigenvalue weighted by atomic mass is 35.5. The van der Waals surface area contributed by atoms with E-state index in [0.29, 0.717) is 28.5 Å². The number of benzene rings is 4. The molecule has 0 aromatic heterocycles. The van der Waals surface area contributed by atoms with Crippen molar-refractivity contribution in [3.63, 3.8) is 0 Å². The van der Waals surface area contributed by atoms with Gasteiger partial charge in [-0.2, -0.15) is 5.10 Å². The molecule has 0 radical (unpaired) electrons. The maximum Gasteiger partial charge on any atom is 0.343 e. The Morgan fingerprint density at radius 3 is 2.35 bits per heavy atom. The number of para-hydroxylation sites is 1. The van der Waals surface area contributed by atoms with Crippen molar-refractivity contribution in [1.82, 2.24) is 5.43 Å². The maximum absolute atomic E-state index is 12.9. The summed E-state index contributed by atoms with van der Waals surface area (Å²) in [5, 5.41) is 4.37. The third-order valence-electron chi connectivity index (χ3n) is 5.87. The smallest absolute Gasteiger partial charge is 0.343 e. The highest BCUT2D eigenvalue weighted by Crippen LogP contribution is 2.29. The van der Waals surface area contributed by atoms with Crippen LogP contribution in [0.25, 0.3) is 0 Å². The molecule has 4 aromatic carbocycles. The average molecular weight is 622 g/mol. The molecule has 0 saturated carbocycles. The summed E-state index contributed by atoms with van der Waals surface area (Å²) >= 11 is 5.85. The molecule has 12 heteroatoms. The number of nitrogens with zero attached hydrogens (tertiary/aromatic N) is 1. The molecule has 0 fully saturated rings. The number of methoxy groups -OCH3 is 1. The van der Waals surface area contributed by atoms with Crippen LogP contribution in [0.1, 0.15) is 39.6 Å². The van der Waals surface area contributed by atoms with Gasteiger partial charge in [-0.1, -0.05) is 30.7 Å². The molecule has 222 valence electrons. The first-order valence-corrected chi connectivity index (χ1v) is 14.9. The van der Waals surface area contributed by atoms with Gasteiger partial charge >= 0.3 is 5.97 Å². The Hall–Kier alpha value is -4.87. The van der Waals surface area contributed by atoms with Crippen LogP contribution < -0.4 is 24.4 Å². The van der Waals surface area contributed by atoms with Gasteiger partial charge in [0, 0.05) is 5.02 Å². The molecule has 0 aliphatic carbocycles. The first-order chi connectivity index (χ1) is 20.7. The Labute approximate surface area is 254 Å². The zero-order valence-electron chi connectivity index (χ0n) is 23.2. The Kier molecular flexibility index (Phi) is 10.4. The summed E-state index contributed by atoms with van der Waals surface area (Å²) in [6.45, 7) is 2.59. The fourth-order valence-corrected chi connectivity index (χ4v) is 4.93. The van der Waals surface area contributed by atoms with E-state index in [2.05, 4.69) is 15.2 Å². The van der Waals surface area contributed by atoms with Gasteiger partial charge in [0.15, 0.2) is 11.5 Å². The predicted molar refractivity (Wildman–Crippen MR) is 164 cm³/mol. The van der Waals surface area contributed by atoms with E-state index in [1.165, 1.54) is 49.7 Å². The lowest BCUT2D eigenvalue weighted by molar-refractivity contribution is 0.0729. The monoisotopic (exact) mass is 621 g/mol. The number of halogens is 1. The topological polar surface area (TPSA) is 132 Å². The zero-order chi connectivity index (χ0) is 30.8. The van der Waals surface area contributed by atoms with Crippen molar-refractivity contribution < 1.29 is 32.2 Å². The molecule has 0 spiro atoms. The molecular weight excluding hydrogens is 594 g/mol. The van der Waals surface area contributed by atoms with Gasteiger partial charge in [-0.05, 0) is 90.8 Å². The SMILES string of the molecule is CCCOc1ccc(C(=O)Oc2ccc(/C=N/NC(=O)c3ccccc3NS(=O)(=O)c3ccc(Cl)cc3)cc2OC)cc1. The average Bonchev–Trinajstić information content (AvgIpc) is 3.01. The number of carbonyl (C=O) groups is 2. The van der Waals surface area contributed by atoms with Crippen molar-refractivity contribution in [2.75, 3.05) is 18.4 Å². The summed E-state index contributed by atoms with van der Waals surface area (Å²) < 4.78 is 44.4. The Morgan fingerprint density at radius 1 is 0.930 bits per heavy atom. The van der Waals surface area contributed by atoms with Crippen LogP contribution in [0.5, 0.6) is 17.2 Å². The van der Waals surface area contributed by atoms with E-state index in [0.717, 1.165) is 6.42 Å². The van der Waals surface area contributed by atoms with E-state index in [9.17, 15) is 18.0 Å². The van der Waals surface area contributed by atoms with Crippen LogP contribution in [0.3, 0.4) is 0 Å². The summed E-state index contributed by atoms with van der Waals surface area (Å²) in [6.07, 6.45) is 2.24. The van der Waals surface area contributed by atoms with Gasteiger partial charge in [0.25, 0.3) is 15.9 Å². The van der Waals surface area contributed by atoms with Crippen LogP contribution in [-0.4, -0.2) is 40.2 Å². The minimum atomic E-state index is -3.98. The third-order valence-corrected chi connectivity index (χ3v) is 7.51. The van der Waals surface area contributed by atoms with E-state index in [1.54, 1.807) is 54.6 Å². The Morgan fingerprint density at radius 2 is 1.65 bits per heavy atom. The normalized spacial score (nSPS) is 11.1. The fraction of sp³-hybridized carbons (Fsp3) is 0.129. The van der Waals surface area contributed by atoms with Crippen molar-refractivity contribution in [3.05, 3.63) is 113 Å². The second kappa shape index (κ2) is 14.3. The quantitative estimate of drug-likeness (QED) is 0.0868. The first-order valence-electron chi connectivity index (χ1n) is 13.0. The Balaban J connectivity index is 1.41. The molecule has 0 saturated heterocycles. The third kappa shape index (κ3) is 8.34. The number of nitrogens with one attached hydrogen (secondary N) is 2. The molecule has 1 amide bonds. The summed E-state index contributed by atoms with van der Waals surface area (Å²) in [5.41, 5.74) is 3.39. The summed E-state index contributed by atoms with van der Waals surface area (Å²) in [4.78, 5) is 25.5. The van der Waals surface area contributed by atoms with Crippen LogP contribution in [0.4, 0.5) is 5.69 Å². The second-order valence-corrected chi connectivity index (χ2v) is 11.1. The number of hydrogen-bond acceptors (Lipinski definition) is 8. The summed E-state index contributed by atoms with van der Waals surface area (Å²) in [5.74, 6) is -0.0848. The largest absolute Gasteiger partial charge is 0.494 e. The van der Waals surface area contributed by atoms with Gasteiger partial charge < -0.3 is 14.2 Å². The first kappa shape index (κ1) is 31.1. The van der Waals surface area contributed by atoms with Crippen LogP contribution >= 0.6 is 11.6 Å². The second-order valence-electron chi connectivity index (χ2n) is 8.98. The van der Waals surface area contributed by atoms with Crippen molar-refractivity contribution in [2.45, 2.75) is 18.2 Å². The van der Waals surface area contributed by atoms with E-state index in [4.69, 9.17) is 25.8 Å². The van der Waals surface area contributed by atoms with Gasteiger partial charge in [-0.3, -0.25) is 9.52 Å². The molecule has 0 unspecified atom stereocenters. The summed E-state index contributed by atoms with van der Waals surface area (Å²) in [6, 6.07) is 23.1. The zero-order valence-corrected chi connectivity index (χ0v) is 24.8. The van der Waals surface area contributed by atoms with E-state index in [-0.39, 0.29) is 27.6 Å². The minimum absolute atomic E-state index is 0.0110. The highest BCUT2D eigenvalue weighted by molar-refractivity contribution is 7.92. The van der Waals surface area contributed by atoms with Gasteiger partial charge in [0.2, 0.25) is 0 Å². The lowest BCUT2D eigenvalue weighted by Crippen LogP contribution is -2.21. The fourth-order valence-electron chi connectivity index (χ4n) is 3.73. The number of hydrazone groups is 1. The number of carbonyl (C=O) groups excluding carboxylic acids is 2. The van der Waals surface area contributed by atoms with E-state index >= 15 is 0 Å². The van der Waals surface area contributed by atoms with Crippen molar-refractivity contribution in [2.24, 2.45) is 5.10 Å². The molecule has 2 N–H and O–H groups in total.